The number of alkyl halides is 1. The van der Waals surface area contributed by atoms with Crippen LogP contribution in [0.1, 0.15) is 31.7 Å². The summed E-state index contributed by atoms with van der Waals surface area (Å²) in [6.45, 7) is 4.16. The van der Waals surface area contributed by atoms with Crippen LogP contribution >= 0.6 is 23.2 Å². The molecule has 0 fully saturated rings. The van der Waals surface area contributed by atoms with Crippen LogP contribution in [0.3, 0.4) is 0 Å². The van der Waals surface area contributed by atoms with Gasteiger partial charge in [0.2, 0.25) is 0 Å². The summed E-state index contributed by atoms with van der Waals surface area (Å²) in [5, 5.41) is 5.20. The predicted molar refractivity (Wildman–Crippen MR) is 70.4 cm³/mol. The third-order valence-corrected chi connectivity index (χ3v) is 3.21. The molecule has 1 aromatic heterocycles. The summed E-state index contributed by atoms with van der Waals surface area (Å²) >= 11 is 11.9. The van der Waals surface area contributed by atoms with Gasteiger partial charge in [0.15, 0.2) is 0 Å². The van der Waals surface area contributed by atoms with Crippen molar-refractivity contribution in [1.82, 2.24) is 9.78 Å². The molecular weight excluding hydrogens is 243 g/mol. The molecule has 1 rings (SSSR count). The fourth-order valence-corrected chi connectivity index (χ4v) is 2.12. The number of halogens is 2. The summed E-state index contributed by atoms with van der Waals surface area (Å²) in [4.78, 5) is 0. The summed E-state index contributed by atoms with van der Waals surface area (Å²) < 4.78 is 1.87. The molecule has 0 aliphatic heterocycles. The summed E-state index contributed by atoms with van der Waals surface area (Å²) in [5.74, 6) is 0.663. The van der Waals surface area contributed by atoms with Crippen molar-refractivity contribution in [3.8, 4) is 0 Å². The largest absolute Gasteiger partial charge is 0.271 e. The minimum Gasteiger partial charge on any atom is -0.271 e. The van der Waals surface area contributed by atoms with E-state index in [9.17, 15) is 0 Å². The van der Waals surface area contributed by atoms with Gasteiger partial charge in [0.25, 0.3) is 0 Å². The maximum absolute atomic E-state index is 6.27. The van der Waals surface area contributed by atoms with Crippen molar-refractivity contribution in [2.24, 2.45) is 7.05 Å². The maximum atomic E-state index is 6.27. The van der Waals surface area contributed by atoms with E-state index in [0.717, 1.165) is 35.7 Å². The molecule has 4 heteroatoms. The predicted octanol–water partition coefficient (Wildman–Crippen LogP) is 3.75. The zero-order chi connectivity index (χ0) is 12.1. The first-order chi connectivity index (χ1) is 7.60. The number of aromatic nitrogens is 2. The molecule has 0 radical (unpaired) electrons. The maximum Gasteiger partial charge on any atom is 0.0853 e. The third-order valence-electron chi connectivity index (χ3n) is 2.55. The Morgan fingerprint density at radius 3 is 2.69 bits per heavy atom. The molecule has 1 aromatic rings. The monoisotopic (exact) mass is 260 g/mol. The molecule has 0 unspecified atom stereocenters. The molecule has 16 heavy (non-hydrogen) atoms. The number of rotatable bonds is 5. The number of hydrogen-bond acceptors (Lipinski definition) is 1. The highest BCUT2D eigenvalue weighted by molar-refractivity contribution is 6.31. The van der Waals surface area contributed by atoms with Crippen molar-refractivity contribution in [3.63, 3.8) is 0 Å². The van der Waals surface area contributed by atoms with Gasteiger partial charge in [0.05, 0.1) is 16.4 Å². The summed E-state index contributed by atoms with van der Waals surface area (Å²) in [7, 11) is 1.94. The van der Waals surface area contributed by atoms with Gasteiger partial charge in [-0.1, -0.05) is 30.2 Å². The van der Waals surface area contributed by atoms with Gasteiger partial charge in [0, 0.05) is 19.3 Å². The first-order valence-corrected chi connectivity index (χ1v) is 6.43. The molecule has 0 atom stereocenters. The lowest BCUT2D eigenvalue weighted by Gasteiger charge is -2.03. The van der Waals surface area contributed by atoms with Crippen molar-refractivity contribution >= 4 is 23.2 Å². The van der Waals surface area contributed by atoms with Gasteiger partial charge in [-0.3, -0.25) is 4.68 Å². The Balaban J connectivity index is 2.84. The lowest BCUT2D eigenvalue weighted by atomic mass is 10.1. The highest BCUT2D eigenvalue weighted by atomic mass is 35.5. The Kier molecular flexibility index (Phi) is 5.36. The van der Waals surface area contributed by atoms with Crippen LogP contribution in [0.5, 0.6) is 0 Å². The summed E-state index contributed by atoms with van der Waals surface area (Å²) in [5.41, 5.74) is 3.35. The molecule has 0 aliphatic rings. The first kappa shape index (κ1) is 13.6. The van der Waals surface area contributed by atoms with Crippen molar-refractivity contribution < 1.29 is 0 Å². The van der Waals surface area contributed by atoms with Crippen LogP contribution in [0.25, 0.3) is 0 Å². The highest BCUT2D eigenvalue weighted by Crippen LogP contribution is 2.23. The normalized spacial score (nSPS) is 12.2. The molecule has 0 saturated heterocycles. The van der Waals surface area contributed by atoms with Crippen LogP contribution in [-0.2, 0) is 19.9 Å². The van der Waals surface area contributed by atoms with Crippen molar-refractivity contribution in [2.75, 3.05) is 5.88 Å². The summed E-state index contributed by atoms with van der Waals surface area (Å²) in [6, 6.07) is 0. The van der Waals surface area contributed by atoms with Crippen LogP contribution < -0.4 is 0 Å². The molecule has 90 valence electrons. The second kappa shape index (κ2) is 6.31. The van der Waals surface area contributed by atoms with Gasteiger partial charge in [0.1, 0.15) is 0 Å². The first-order valence-electron chi connectivity index (χ1n) is 5.52. The molecule has 1 heterocycles. The molecule has 0 bridgehead atoms. The average Bonchev–Trinajstić information content (AvgIpc) is 2.53. The van der Waals surface area contributed by atoms with Gasteiger partial charge in [-0.15, -0.1) is 11.6 Å². The second-order valence-corrected chi connectivity index (χ2v) is 4.65. The fourth-order valence-electron chi connectivity index (χ4n) is 1.65. The van der Waals surface area contributed by atoms with Crippen LogP contribution in [0.4, 0.5) is 0 Å². The Hall–Kier alpha value is -0.470. The average molecular weight is 261 g/mol. The number of nitrogens with zero attached hydrogens (tertiary/aromatic N) is 2. The SMILES string of the molecule is CCc1nn(C)c(CC(C)=CCCCl)c1Cl. The quantitative estimate of drug-likeness (QED) is 0.583. The topological polar surface area (TPSA) is 17.8 Å². The van der Waals surface area contributed by atoms with Crippen LogP contribution in [-0.4, -0.2) is 15.7 Å². The summed E-state index contributed by atoms with van der Waals surface area (Å²) in [6.07, 6.45) is 4.78. The molecule has 0 amide bonds. The third kappa shape index (κ3) is 3.26. The van der Waals surface area contributed by atoms with Gasteiger partial charge in [-0.25, -0.2) is 0 Å². The number of aryl methyl sites for hydroxylation is 2. The van der Waals surface area contributed by atoms with E-state index in [1.54, 1.807) is 0 Å². The van der Waals surface area contributed by atoms with Gasteiger partial charge < -0.3 is 0 Å². The van der Waals surface area contributed by atoms with Crippen molar-refractivity contribution in [3.05, 3.63) is 28.1 Å². The van der Waals surface area contributed by atoms with E-state index in [0.29, 0.717) is 5.88 Å². The van der Waals surface area contributed by atoms with Crippen LogP contribution in [0.15, 0.2) is 11.6 Å². The minimum absolute atomic E-state index is 0.663. The van der Waals surface area contributed by atoms with Gasteiger partial charge in [-0.05, 0) is 19.8 Å². The van der Waals surface area contributed by atoms with Crippen molar-refractivity contribution in [1.29, 1.82) is 0 Å². The van der Waals surface area contributed by atoms with E-state index in [2.05, 4.69) is 25.0 Å². The number of hydrogen-bond donors (Lipinski definition) is 0. The Morgan fingerprint density at radius 2 is 2.19 bits per heavy atom. The molecule has 0 spiro atoms. The fraction of sp³-hybridized carbons (Fsp3) is 0.583. The van der Waals surface area contributed by atoms with Crippen LogP contribution in [0.2, 0.25) is 5.02 Å². The Bertz CT molecular complexity index is 381. The standard InChI is InChI=1S/C12H18Cl2N2/c1-4-10-12(14)11(16(3)15-10)8-9(2)6-5-7-13/h6H,4-5,7-8H2,1-3H3. The van der Waals surface area contributed by atoms with E-state index in [1.165, 1.54) is 5.57 Å². The molecule has 2 nitrogen and oxygen atoms in total. The Morgan fingerprint density at radius 1 is 1.50 bits per heavy atom. The van der Waals surface area contributed by atoms with E-state index in [-0.39, 0.29) is 0 Å². The highest BCUT2D eigenvalue weighted by Gasteiger charge is 2.12. The lowest BCUT2D eigenvalue weighted by molar-refractivity contribution is 0.707. The zero-order valence-electron chi connectivity index (χ0n) is 10.1. The van der Waals surface area contributed by atoms with Gasteiger partial charge in [-0.2, -0.15) is 5.10 Å². The van der Waals surface area contributed by atoms with E-state index in [4.69, 9.17) is 23.2 Å². The van der Waals surface area contributed by atoms with E-state index in [1.807, 2.05) is 11.7 Å². The van der Waals surface area contributed by atoms with Gasteiger partial charge >= 0.3 is 0 Å². The molecular formula is C12H18Cl2N2. The molecule has 0 aromatic carbocycles. The zero-order valence-corrected chi connectivity index (χ0v) is 11.6. The van der Waals surface area contributed by atoms with E-state index >= 15 is 0 Å². The Labute approximate surface area is 107 Å². The number of allylic oxidation sites excluding steroid dienone is 2. The van der Waals surface area contributed by atoms with E-state index < -0.39 is 0 Å². The lowest BCUT2D eigenvalue weighted by Crippen LogP contribution is -1.99. The molecule has 0 saturated carbocycles. The molecule has 0 N–H and O–H groups in total. The van der Waals surface area contributed by atoms with Crippen LogP contribution in [0, 0.1) is 0 Å². The molecule has 0 aliphatic carbocycles. The smallest absolute Gasteiger partial charge is 0.0853 e. The second-order valence-electron chi connectivity index (χ2n) is 3.89. The van der Waals surface area contributed by atoms with Crippen molar-refractivity contribution in [2.45, 2.75) is 33.1 Å². The minimum atomic E-state index is 0.663.